The largest absolute Gasteiger partial charge is 0.305 e. The van der Waals surface area contributed by atoms with Crippen LogP contribution in [0.25, 0.3) is 5.65 Å². The highest BCUT2D eigenvalue weighted by Crippen LogP contribution is 2.11. The van der Waals surface area contributed by atoms with Gasteiger partial charge in [0.1, 0.15) is 12.0 Å². The topological polar surface area (TPSA) is 60.0 Å². The number of pyridine rings is 1. The second kappa shape index (κ2) is 4.99. The summed E-state index contributed by atoms with van der Waals surface area (Å²) in [6.45, 7) is 1.28. The van der Waals surface area contributed by atoms with Crippen molar-refractivity contribution in [3.63, 3.8) is 0 Å². The van der Waals surface area contributed by atoms with Crippen molar-refractivity contribution in [3.8, 4) is 0 Å². The zero-order chi connectivity index (χ0) is 13.2. The fraction of sp³-hybridized carbons (Fsp3) is 0.250. The minimum Gasteiger partial charge on any atom is -0.305 e. The van der Waals surface area contributed by atoms with Gasteiger partial charge in [0.25, 0.3) is 0 Å². The number of aryl methyl sites for hydroxylation is 1. The van der Waals surface area contributed by atoms with Crippen LogP contribution in [0.4, 0.5) is 0 Å². The van der Waals surface area contributed by atoms with Crippen LogP contribution >= 0.6 is 11.6 Å². The van der Waals surface area contributed by atoms with Gasteiger partial charge in [0.15, 0.2) is 5.82 Å². The molecule has 0 radical (unpaired) electrons. The van der Waals surface area contributed by atoms with E-state index in [0.29, 0.717) is 18.1 Å². The Morgan fingerprint density at radius 1 is 1.26 bits per heavy atom. The average Bonchev–Trinajstić information content (AvgIpc) is 2.95. The molecule has 0 aliphatic carbocycles. The monoisotopic (exact) mass is 276 g/mol. The molecule has 3 aromatic heterocycles. The minimum absolute atomic E-state index is 0.621. The van der Waals surface area contributed by atoms with Gasteiger partial charge in [-0.05, 0) is 12.1 Å². The Hall–Kier alpha value is -1.92. The van der Waals surface area contributed by atoms with Crippen LogP contribution in [0.5, 0.6) is 0 Å². The van der Waals surface area contributed by atoms with E-state index in [9.17, 15) is 0 Å². The van der Waals surface area contributed by atoms with E-state index in [0.717, 1.165) is 17.2 Å². The summed E-state index contributed by atoms with van der Waals surface area (Å²) in [6, 6.07) is 3.73. The normalized spacial score (nSPS) is 11.3. The molecule has 0 spiro atoms. The predicted molar refractivity (Wildman–Crippen MR) is 71.7 cm³/mol. The van der Waals surface area contributed by atoms with Crippen LogP contribution < -0.4 is 5.32 Å². The van der Waals surface area contributed by atoms with Crippen molar-refractivity contribution >= 4 is 17.2 Å². The highest BCUT2D eigenvalue weighted by molar-refractivity contribution is 6.30. The van der Waals surface area contributed by atoms with Crippen molar-refractivity contribution in [2.45, 2.75) is 13.1 Å². The van der Waals surface area contributed by atoms with E-state index in [1.165, 1.54) is 0 Å². The van der Waals surface area contributed by atoms with Gasteiger partial charge >= 0.3 is 0 Å². The van der Waals surface area contributed by atoms with Crippen LogP contribution in [-0.4, -0.2) is 24.1 Å². The van der Waals surface area contributed by atoms with Gasteiger partial charge in [-0.1, -0.05) is 11.6 Å². The highest BCUT2D eigenvalue weighted by Gasteiger charge is 2.03. The number of halogens is 1. The van der Waals surface area contributed by atoms with Gasteiger partial charge in [-0.15, -0.1) is 0 Å². The molecule has 1 N–H and O–H groups in total. The summed E-state index contributed by atoms with van der Waals surface area (Å²) in [7, 11) is 1.85. The molecule has 0 aliphatic rings. The maximum atomic E-state index is 5.93. The van der Waals surface area contributed by atoms with Crippen molar-refractivity contribution in [2.75, 3.05) is 0 Å². The van der Waals surface area contributed by atoms with Gasteiger partial charge in [-0.3, -0.25) is 4.68 Å². The van der Waals surface area contributed by atoms with E-state index < -0.39 is 0 Å². The van der Waals surface area contributed by atoms with Crippen LogP contribution in [0, 0.1) is 0 Å². The molecule has 0 fully saturated rings. The Morgan fingerprint density at radius 2 is 2.16 bits per heavy atom. The molecule has 3 rings (SSSR count). The quantitative estimate of drug-likeness (QED) is 0.783. The number of hydrogen-bond acceptors (Lipinski definition) is 4. The van der Waals surface area contributed by atoms with Gasteiger partial charge in [-0.25, -0.2) is 9.97 Å². The van der Waals surface area contributed by atoms with Crippen LogP contribution in [0.1, 0.15) is 11.5 Å². The molecule has 0 saturated carbocycles. The zero-order valence-corrected chi connectivity index (χ0v) is 11.2. The van der Waals surface area contributed by atoms with E-state index in [1.54, 1.807) is 11.0 Å². The zero-order valence-electron chi connectivity index (χ0n) is 10.4. The number of rotatable bonds is 4. The van der Waals surface area contributed by atoms with Gasteiger partial charge in [0.2, 0.25) is 0 Å². The second-order valence-electron chi connectivity index (χ2n) is 4.28. The lowest BCUT2D eigenvalue weighted by Gasteiger charge is -1.97. The first-order valence-corrected chi connectivity index (χ1v) is 6.27. The number of nitrogens with one attached hydrogen (secondary N) is 1. The molecular weight excluding hydrogens is 264 g/mol. The minimum atomic E-state index is 0.621. The van der Waals surface area contributed by atoms with Crippen LogP contribution in [0.15, 0.2) is 30.9 Å². The second-order valence-corrected chi connectivity index (χ2v) is 4.72. The van der Waals surface area contributed by atoms with Crippen LogP contribution in [-0.2, 0) is 20.1 Å². The molecule has 19 heavy (non-hydrogen) atoms. The van der Waals surface area contributed by atoms with E-state index in [1.807, 2.05) is 36.0 Å². The number of aromatic nitrogens is 5. The summed E-state index contributed by atoms with van der Waals surface area (Å²) in [6.07, 6.45) is 5.48. The number of fused-ring (bicyclic) bond motifs is 1. The summed E-state index contributed by atoms with van der Waals surface area (Å²) >= 11 is 5.93. The van der Waals surface area contributed by atoms with Gasteiger partial charge in [0.05, 0.1) is 17.3 Å². The van der Waals surface area contributed by atoms with Gasteiger partial charge in [-0.2, -0.15) is 5.10 Å². The van der Waals surface area contributed by atoms with E-state index >= 15 is 0 Å². The van der Waals surface area contributed by atoms with Crippen molar-refractivity contribution in [3.05, 3.63) is 47.4 Å². The lowest BCUT2D eigenvalue weighted by atomic mass is 10.4. The first kappa shape index (κ1) is 12.1. The van der Waals surface area contributed by atoms with E-state index in [4.69, 9.17) is 11.6 Å². The Bertz CT molecular complexity index is 701. The van der Waals surface area contributed by atoms with Crippen LogP contribution in [0.3, 0.4) is 0 Å². The Labute approximate surface area is 115 Å². The molecule has 0 unspecified atom stereocenters. The molecule has 3 aromatic rings. The van der Waals surface area contributed by atoms with E-state index in [-0.39, 0.29) is 0 Å². The van der Waals surface area contributed by atoms with Crippen LogP contribution in [0.2, 0.25) is 5.02 Å². The van der Waals surface area contributed by atoms with Gasteiger partial charge in [0, 0.05) is 26.0 Å². The molecule has 0 saturated heterocycles. The fourth-order valence-corrected chi connectivity index (χ4v) is 2.04. The van der Waals surface area contributed by atoms with Crippen molar-refractivity contribution in [2.24, 2.45) is 7.05 Å². The lowest BCUT2D eigenvalue weighted by molar-refractivity contribution is 0.642. The third-order valence-corrected chi connectivity index (χ3v) is 2.92. The molecule has 3 heterocycles. The highest BCUT2D eigenvalue weighted by atomic mass is 35.5. The molecule has 0 amide bonds. The standard InChI is InChI=1S/C12H13ClN6/c1-18-8-15-11(17-18)5-14-4-10-7-19-6-9(13)2-3-12(19)16-10/h2-3,6-8,14H,4-5H2,1H3. The number of hydrogen-bond donors (Lipinski definition) is 1. The first-order chi connectivity index (χ1) is 9.20. The Balaban J connectivity index is 1.65. The van der Waals surface area contributed by atoms with E-state index in [2.05, 4.69) is 20.4 Å². The Kier molecular flexibility index (Phi) is 3.18. The SMILES string of the molecule is Cn1cnc(CNCc2cn3cc(Cl)ccc3n2)n1. The molecular formula is C12H13ClN6. The Morgan fingerprint density at radius 3 is 2.95 bits per heavy atom. The molecule has 0 atom stereocenters. The molecule has 98 valence electrons. The lowest BCUT2D eigenvalue weighted by Crippen LogP contribution is -2.14. The molecule has 7 heteroatoms. The smallest absolute Gasteiger partial charge is 0.164 e. The summed E-state index contributed by atoms with van der Waals surface area (Å²) in [5.41, 5.74) is 1.84. The summed E-state index contributed by atoms with van der Waals surface area (Å²) < 4.78 is 3.60. The predicted octanol–water partition coefficient (Wildman–Crippen LogP) is 1.41. The summed E-state index contributed by atoms with van der Waals surface area (Å²) in [4.78, 5) is 8.63. The molecule has 0 bridgehead atoms. The summed E-state index contributed by atoms with van der Waals surface area (Å²) in [5, 5.41) is 8.15. The third kappa shape index (κ3) is 2.74. The maximum absolute atomic E-state index is 5.93. The molecule has 0 aromatic carbocycles. The number of imidazole rings is 1. The fourth-order valence-electron chi connectivity index (χ4n) is 1.87. The van der Waals surface area contributed by atoms with Crippen molar-refractivity contribution in [1.82, 2.24) is 29.5 Å². The van der Waals surface area contributed by atoms with Crippen molar-refractivity contribution < 1.29 is 0 Å². The molecule has 0 aliphatic heterocycles. The summed E-state index contributed by atoms with van der Waals surface area (Å²) in [5.74, 6) is 0.773. The van der Waals surface area contributed by atoms with Gasteiger partial charge < -0.3 is 9.72 Å². The molecule has 6 nitrogen and oxygen atoms in total. The third-order valence-electron chi connectivity index (χ3n) is 2.70. The first-order valence-electron chi connectivity index (χ1n) is 5.89. The number of nitrogens with zero attached hydrogens (tertiary/aromatic N) is 5. The average molecular weight is 277 g/mol. The maximum Gasteiger partial charge on any atom is 0.164 e. The van der Waals surface area contributed by atoms with Crippen molar-refractivity contribution in [1.29, 1.82) is 0 Å².